The number of sulfonamides is 1. The van der Waals surface area contributed by atoms with Crippen molar-refractivity contribution in [2.45, 2.75) is 24.8 Å². The fraction of sp³-hybridized carbons (Fsp3) is 0.235. The Morgan fingerprint density at radius 1 is 1.32 bits per heavy atom. The molecule has 0 saturated heterocycles. The predicted octanol–water partition coefficient (Wildman–Crippen LogP) is 3.91. The zero-order chi connectivity index (χ0) is 18.0. The molecule has 0 atom stereocenters. The van der Waals surface area contributed by atoms with E-state index in [1.807, 2.05) is 11.5 Å². The van der Waals surface area contributed by atoms with Crippen molar-refractivity contribution in [3.05, 3.63) is 47.7 Å². The number of anilines is 1. The second kappa shape index (κ2) is 6.93. The Hall–Kier alpha value is -2.25. The largest absolute Gasteiger partial charge is 0.495 e. The van der Waals surface area contributed by atoms with Gasteiger partial charge in [-0.1, -0.05) is 18.5 Å². The van der Waals surface area contributed by atoms with Gasteiger partial charge in [-0.25, -0.2) is 13.4 Å². The van der Waals surface area contributed by atoms with Crippen molar-refractivity contribution in [1.82, 2.24) is 9.55 Å². The Morgan fingerprint density at radius 2 is 2.12 bits per heavy atom. The molecule has 2 heterocycles. The number of hydrogen-bond acceptors (Lipinski definition) is 4. The lowest BCUT2D eigenvalue weighted by Crippen LogP contribution is -2.12. The lowest BCUT2D eigenvalue weighted by atomic mass is 10.3. The van der Waals surface area contributed by atoms with Gasteiger partial charge in [0.05, 0.1) is 17.8 Å². The number of benzene rings is 1. The number of hydrogen-bond donors (Lipinski definition) is 1. The van der Waals surface area contributed by atoms with E-state index >= 15 is 0 Å². The number of methoxy groups -OCH3 is 1. The van der Waals surface area contributed by atoms with Gasteiger partial charge in [-0.3, -0.25) is 4.72 Å². The van der Waals surface area contributed by atoms with Gasteiger partial charge in [-0.2, -0.15) is 0 Å². The van der Waals surface area contributed by atoms with E-state index in [2.05, 4.69) is 9.71 Å². The molecule has 0 spiro atoms. The summed E-state index contributed by atoms with van der Waals surface area (Å²) < 4.78 is 35.2. The summed E-state index contributed by atoms with van der Waals surface area (Å²) >= 11 is 6.07. The highest BCUT2D eigenvalue weighted by Crippen LogP contribution is 2.30. The van der Waals surface area contributed by atoms with E-state index < -0.39 is 10.0 Å². The minimum atomic E-state index is -3.78. The first-order chi connectivity index (χ1) is 12.0. The minimum absolute atomic E-state index is 0.191. The summed E-state index contributed by atoms with van der Waals surface area (Å²) in [5.41, 5.74) is 1.02. The van der Waals surface area contributed by atoms with Crippen molar-refractivity contribution in [3.8, 4) is 5.75 Å². The second-order valence-electron chi connectivity index (χ2n) is 5.52. The van der Waals surface area contributed by atoms with E-state index in [0.717, 1.165) is 6.42 Å². The van der Waals surface area contributed by atoms with Crippen LogP contribution in [-0.2, 0) is 16.6 Å². The summed E-state index contributed by atoms with van der Waals surface area (Å²) in [5, 5.41) is 0.917. The van der Waals surface area contributed by atoms with Crippen LogP contribution >= 0.6 is 11.6 Å². The van der Waals surface area contributed by atoms with Crippen LogP contribution in [0, 0.1) is 0 Å². The molecule has 0 aliphatic heterocycles. The van der Waals surface area contributed by atoms with Crippen molar-refractivity contribution in [2.24, 2.45) is 0 Å². The first-order valence-corrected chi connectivity index (χ1v) is 9.62. The smallest absolute Gasteiger partial charge is 0.264 e. The molecule has 25 heavy (non-hydrogen) atoms. The van der Waals surface area contributed by atoms with Gasteiger partial charge in [0.2, 0.25) is 0 Å². The van der Waals surface area contributed by atoms with Gasteiger partial charge in [0, 0.05) is 24.3 Å². The van der Waals surface area contributed by atoms with Crippen molar-refractivity contribution in [2.75, 3.05) is 11.8 Å². The molecule has 132 valence electrons. The van der Waals surface area contributed by atoms with Crippen LogP contribution in [0.4, 0.5) is 5.69 Å². The number of fused-ring (bicyclic) bond motifs is 1. The molecule has 0 unspecified atom stereocenters. The highest BCUT2D eigenvalue weighted by atomic mass is 35.5. The number of rotatable bonds is 6. The maximum Gasteiger partial charge on any atom is 0.264 e. The van der Waals surface area contributed by atoms with Crippen LogP contribution in [0.15, 0.2) is 47.6 Å². The van der Waals surface area contributed by atoms with Crippen LogP contribution in [0.25, 0.3) is 11.0 Å². The van der Waals surface area contributed by atoms with Gasteiger partial charge >= 0.3 is 0 Å². The van der Waals surface area contributed by atoms with Crippen LogP contribution in [0.2, 0.25) is 5.02 Å². The predicted molar refractivity (Wildman–Crippen MR) is 98.8 cm³/mol. The van der Waals surface area contributed by atoms with Crippen LogP contribution in [0.5, 0.6) is 5.75 Å². The number of aromatic nitrogens is 2. The molecule has 0 aliphatic carbocycles. The van der Waals surface area contributed by atoms with Crippen LogP contribution in [0.1, 0.15) is 13.3 Å². The molecule has 0 amide bonds. The SMILES string of the molecule is CCCn1cc(S(=O)(=O)Nc2ccc(OC)c(Cl)c2)c2cccnc21. The fourth-order valence-electron chi connectivity index (χ4n) is 2.66. The lowest BCUT2D eigenvalue weighted by molar-refractivity contribution is 0.415. The van der Waals surface area contributed by atoms with Crippen molar-refractivity contribution in [1.29, 1.82) is 0 Å². The minimum Gasteiger partial charge on any atom is -0.495 e. The Labute approximate surface area is 151 Å². The van der Waals surface area contributed by atoms with E-state index in [0.29, 0.717) is 34.0 Å². The number of nitrogens with zero attached hydrogens (tertiary/aromatic N) is 2. The third-order valence-corrected chi connectivity index (χ3v) is 5.46. The number of ether oxygens (including phenoxy) is 1. The van der Waals surface area contributed by atoms with Gasteiger partial charge in [0.25, 0.3) is 10.0 Å². The van der Waals surface area contributed by atoms with E-state index in [1.165, 1.54) is 13.2 Å². The first-order valence-electron chi connectivity index (χ1n) is 7.76. The number of aryl methyl sites for hydroxylation is 1. The van der Waals surface area contributed by atoms with Gasteiger partial charge in [-0.15, -0.1) is 0 Å². The molecule has 0 saturated carbocycles. The fourth-order valence-corrected chi connectivity index (χ4v) is 4.18. The molecule has 0 radical (unpaired) electrons. The highest BCUT2D eigenvalue weighted by Gasteiger charge is 2.22. The summed E-state index contributed by atoms with van der Waals surface area (Å²) in [6, 6.07) is 8.21. The maximum atomic E-state index is 12.9. The van der Waals surface area contributed by atoms with Gasteiger partial charge in [-0.05, 0) is 36.8 Å². The molecular formula is C17H18ClN3O3S. The highest BCUT2D eigenvalue weighted by molar-refractivity contribution is 7.93. The summed E-state index contributed by atoms with van der Waals surface area (Å²) in [6.45, 7) is 2.72. The van der Waals surface area contributed by atoms with Crippen molar-refractivity contribution in [3.63, 3.8) is 0 Å². The standard InChI is InChI=1S/C17H18ClN3O3S/c1-3-9-21-11-16(13-5-4-8-19-17(13)21)25(22,23)20-12-6-7-15(24-2)14(18)10-12/h4-8,10-11,20H,3,9H2,1-2H3. The van der Waals surface area contributed by atoms with E-state index in [9.17, 15) is 8.42 Å². The average molecular weight is 380 g/mol. The van der Waals surface area contributed by atoms with Crippen LogP contribution in [-0.4, -0.2) is 25.1 Å². The van der Waals surface area contributed by atoms with E-state index in [4.69, 9.17) is 16.3 Å². The zero-order valence-corrected chi connectivity index (χ0v) is 15.4. The normalized spacial score (nSPS) is 11.6. The number of halogens is 1. The summed E-state index contributed by atoms with van der Waals surface area (Å²) in [5.74, 6) is 0.480. The molecular weight excluding hydrogens is 362 g/mol. The molecule has 3 rings (SSSR count). The Morgan fingerprint density at radius 3 is 2.80 bits per heavy atom. The zero-order valence-electron chi connectivity index (χ0n) is 13.9. The molecule has 0 aliphatic rings. The summed E-state index contributed by atoms with van der Waals surface area (Å²) in [6.07, 6.45) is 4.15. The van der Waals surface area contributed by atoms with Gasteiger partial charge < -0.3 is 9.30 Å². The molecule has 6 nitrogen and oxygen atoms in total. The van der Waals surface area contributed by atoms with Gasteiger partial charge in [0.1, 0.15) is 16.3 Å². The summed E-state index contributed by atoms with van der Waals surface area (Å²) in [4.78, 5) is 4.50. The molecule has 1 aromatic carbocycles. The third kappa shape index (κ3) is 3.43. The maximum absolute atomic E-state index is 12.9. The lowest BCUT2D eigenvalue weighted by Gasteiger charge is -2.09. The quantitative estimate of drug-likeness (QED) is 0.704. The van der Waals surface area contributed by atoms with E-state index in [-0.39, 0.29) is 4.90 Å². The molecule has 0 bridgehead atoms. The van der Waals surface area contributed by atoms with Crippen LogP contribution < -0.4 is 9.46 Å². The van der Waals surface area contributed by atoms with Crippen molar-refractivity contribution >= 4 is 38.3 Å². The van der Waals surface area contributed by atoms with E-state index in [1.54, 1.807) is 36.7 Å². The average Bonchev–Trinajstić information content (AvgIpc) is 2.95. The topological polar surface area (TPSA) is 73.2 Å². The second-order valence-corrected chi connectivity index (χ2v) is 7.57. The molecule has 0 fully saturated rings. The monoisotopic (exact) mass is 379 g/mol. The number of nitrogens with one attached hydrogen (secondary N) is 1. The molecule has 2 aromatic heterocycles. The summed E-state index contributed by atoms with van der Waals surface area (Å²) in [7, 11) is -2.28. The van der Waals surface area contributed by atoms with Gasteiger partial charge in [0.15, 0.2) is 0 Å². The number of pyridine rings is 1. The first kappa shape index (κ1) is 17.6. The third-order valence-electron chi connectivity index (χ3n) is 3.76. The van der Waals surface area contributed by atoms with Crippen molar-refractivity contribution < 1.29 is 13.2 Å². The Kier molecular flexibility index (Phi) is 4.87. The molecule has 8 heteroatoms. The Balaban J connectivity index is 2.03. The Bertz CT molecular complexity index is 1020. The molecule has 1 N–H and O–H groups in total. The van der Waals surface area contributed by atoms with Crippen LogP contribution in [0.3, 0.4) is 0 Å². The molecule has 3 aromatic rings.